The molecule has 130 valence electrons. The molecule has 1 N–H and O–H groups in total. The average molecular weight is 408 g/mol. The van der Waals surface area contributed by atoms with Gasteiger partial charge in [0.05, 0.1) is 11.6 Å². The van der Waals surface area contributed by atoms with E-state index in [-0.39, 0.29) is 12.5 Å². The van der Waals surface area contributed by atoms with Crippen molar-refractivity contribution in [3.05, 3.63) is 61.5 Å². The molecule has 0 spiro atoms. The molecule has 2 aromatic rings. The highest BCUT2D eigenvalue weighted by Crippen LogP contribution is 2.33. The summed E-state index contributed by atoms with van der Waals surface area (Å²) in [7, 11) is 0. The number of ether oxygens (including phenoxy) is 1. The molecule has 0 aliphatic heterocycles. The summed E-state index contributed by atoms with van der Waals surface area (Å²) < 4.78 is 5.78. The summed E-state index contributed by atoms with van der Waals surface area (Å²) in [5.74, 6) is 0.589. The van der Waals surface area contributed by atoms with E-state index < -0.39 is 0 Å². The summed E-state index contributed by atoms with van der Waals surface area (Å²) in [6.45, 7) is 2.41. The zero-order valence-corrected chi connectivity index (χ0v) is 16.2. The van der Waals surface area contributed by atoms with Crippen LogP contribution in [0, 0.1) is 6.92 Å². The molecule has 1 atom stereocenters. The highest BCUT2D eigenvalue weighted by Gasteiger charge is 2.15. The summed E-state index contributed by atoms with van der Waals surface area (Å²) in [4.78, 5) is 0. The molecule has 0 saturated carbocycles. The fourth-order valence-corrected chi connectivity index (χ4v) is 3.77. The topological polar surface area (TPSA) is 29.5 Å². The number of hydrogen-bond donors (Lipinski definition) is 1. The zero-order chi connectivity index (χ0) is 17.7. The number of rotatable bonds is 7. The lowest BCUT2D eigenvalue weighted by molar-refractivity contribution is 0.243. The molecular formula is C18H18Cl4O2. The first-order valence-electron chi connectivity index (χ1n) is 7.56. The van der Waals surface area contributed by atoms with E-state index in [1.54, 1.807) is 18.2 Å². The van der Waals surface area contributed by atoms with Gasteiger partial charge in [0.25, 0.3) is 0 Å². The largest absolute Gasteiger partial charge is 0.492 e. The zero-order valence-electron chi connectivity index (χ0n) is 13.2. The summed E-state index contributed by atoms with van der Waals surface area (Å²) >= 11 is 24.2. The number of halogens is 4. The lowest BCUT2D eigenvalue weighted by atomic mass is 9.95. The van der Waals surface area contributed by atoms with Gasteiger partial charge in [-0.2, -0.15) is 0 Å². The summed E-state index contributed by atoms with van der Waals surface area (Å²) in [6.07, 6.45) is 1.49. The Morgan fingerprint density at radius 3 is 2.33 bits per heavy atom. The molecule has 0 heterocycles. The van der Waals surface area contributed by atoms with Crippen LogP contribution in [0.2, 0.25) is 20.1 Å². The highest BCUT2D eigenvalue weighted by molar-refractivity contribution is 6.36. The number of benzene rings is 2. The van der Waals surface area contributed by atoms with Gasteiger partial charge in [-0.25, -0.2) is 0 Å². The van der Waals surface area contributed by atoms with Gasteiger partial charge in [0.2, 0.25) is 0 Å². The van der Waals surface area contributed by atoms with E-state index in [0.29, 0.717) is 32.4 Å². The Hall–Kier alpha value is -0.640. The maximum absolute atomic E-state index is 9.64. The Kier molecular flexibility index (Phi) is 7.52. The van der Waals surface area contributed by atoms with E-state index in [4.69, 9.17) is 51.1 Å². The molecule has 0 aliphatic carbocycles. The predicted molar refractivity (Wildman–Crippen MR) is 102 cm³/mol. The van der Waals surface area contributed by atoms with Gasteiger partial charge in [-0.05, 0) is 55.2 Å². The van der Waals surface area contributed by atoms with Crippen molar-refractivity contribution in [2.24, 2.45) is 0 Å². The molecule has 0 saturated heterocycles. The second-order valence-electron chi connectivity index (χ2n) is 5.57. The number of aliphatic hydroxyl groups excluding tert-OH is 1. The third-order valence-corrected chi connectivity index (χ3v) is 4.82. The van der Waals surface area contributed by atoms with Crippen LogP contribution in [0.3, 0.4) is 0 Å². The van der Waals surface area contributed by atoms with Crippen LogP contribution in [-0.2, 0) is 0 Å². The maximum atomic E-state index is 9.64. The maximum Gasteiger partial charge on any atom is 0.140 e. The summed E-state index contributed by atoms with van der Waals surface area (Å²) in [5.41, 5.74) is 1.79. The number of hydrogen-bond acceptors (Lipinski definition) is 2. The van der Waals surface area contributed by atoms with Gasteiger partial charge in [-0.3, -0.25) is 0 Å². The van der Waals surface area contributed by atoms with Crippen molar-refractivity contribution < 1.29 is 9.84 Å². The van der Waals surface area contributed by atoms with E-state index in [9.17, 15) is 5.11 Å². The summed E-state index contributed by atoms with van der Waals surface area (Å²) in [5, 5.41) is 11.9. The van der Waals surface area contributed by atoms with Gasteiger partial charge in [-0.15, -0.1) is 0 Å². The van der Waals surface area contributed by atoms with Crippen LogP contribution < -0.4 is 4.74 Å². The van der Waals surface area contributed by atoms with Crippen molar-refractivity contribution in [3.8, 4) is 5.75 Å². The minimum atomic E-state index is -0.0554. The predicted octanol–water partition coefficient (Wildman–Crippen LogP) is 6.54. The second kappa shape index (κ2) is 9.17. The van der Waals surface area contributed by atoms with Gasteiger partial charge >= 0.3 is 0 Å². The van der Waals surface area contributed by atoms with Crippen LogP contribution in [0.5, 0.6) is 5.75 Å². The van der Waals surface area contributed by atoms with Gasteiger partial charge in [0.1, 0.15) is 5.75 Å². The Morgan fingerprint density at radius 1 is 1.00 bits per heavy atom. The quantitative estimate of drug-likeness (QED) is 0.527. The van der Waals surface area contributed by atoms with Crippen LogP contribution in [0.25, 0.3) is 0 Å². The first kappa shape index (κ1) is 19.7. The van der Waals surface area contributed by atoms with E-state index >= 15 is 0 Å². The molecule has 2 aromatic carbocycles. The van der Waals surface area contributed by atoms with Crippen molar-refractivity contribution >= 4 is 46.4 Å². The van der Waals surface area contributed by atoms with Crippen LogP contribution in [0.1, 0.15) is 29.9 Å². The lowest BCUT2D eigenvalue weighted by Crippen LogP contribution is -2.08. The monoisotopic (exact) mass is 406 g/mol. The molecule has 1 unspecified atom stereocenters. The smallest absolute Gasteiger partial charge is 0.140 e. The first-order valence-corrected chi connectivity index (χ1v) is 9.07. The SMILES string of the molecule is Cc1cc(Cl)cc(Cl)c1OCCCC(CO)c1ccc(Cl)cc1Cl. The molecule has 0 bridgehead atoms. The average Bonchev–Trinajstić information content (AvgIpc) is 2.50. The highest BCUT2D eigenvalue weighted by atomic mass is 35.5. The second-order valence-corrected chi connectivity index (χ2v) is 7.26. The molecule has 0 aromatic heterocycles. The third kappa shape index (κ3) is 5.18. The molecule has 0 radical (unpaired) electrons. The van der Waals surface area contributed by atoms with Crippen molar-refractivity contribution in [3.63, 3.8) is 0 Å². The van der Waals surface area contributed by atoms with Crippen LogP contribution in [-0.4, -0.2) is 18.3 Å². The summed E-state index contributed by atoms with van der Waals surface area (Å²) in [6, 6.07) is 8.79. The van der Waals surface area contributed by atoms with Crippen molar-refractivity contribution in [2.45, 2.75) is 25.7 Å². The minimum absolute atomic E-state index is 0.0160. The van der Waals surface area contributed by atoms with E-state index in [1.807, 2.05) is 19.1 Å². The molecule has 2 nitrogen and oxygen atoms in total. The van der Waals surface area contributed by atoms with Crippen LogP contribution in [0.15, 0.2) is 30.3 Å². The molecular weight excluding hydrogens is 390 g/mol. The van der Waals surface area contributed by atoms with E-state index in [0.717, 1.165) is 24.0 Å². The van der Waals surface area contributed by atoms with E-state index in [1.165, 1.54) is 0 Å². The number of aliphatic hydroxyl groups is 1. The van der Waals surface area contributed by atoms with Gasteiger partial charge in [0, 0.05) is 27.6 Å². The van der Waals surface area contributed by atoms with Gasteiger partial charge < -0.3 is 9.84 Å². The normalized spacial score (nSPS) is 12.2. The fourth-order valence-electron chi connectivity index (χ4n) is 2.55. The van der Waals surface area contributed by atoms with Gasteiger partial charge in [0.15, 0.2) is 0 Å². The molecule has 0 aliphatic rings. The van der Waals surface area contributed by atoms with Gasteiger partial charge in [-0.1, -0.05) is 52.5 Å². The van der Waals surface area contributed by atoms with Crippen molar-refractivity contribution in [1.82, 2.24) is 0 Å². The molecule has 0 amide bonds. The third-order valence-electron chi connectivity index (χ3n) is 3.76. The minimum Gasteiger partial charge on any atom is -0.492 e. The Morgan fingerprint density at radius 2 is 1.71 bits per heavy atom. The van der Waals surface area contributed by atoms with Crippen LogP contribution in [0.4, 0.5) is 0 Å². The fraction of sp³-hybridized carbons (Fsp3) is 0.333. The van der Waals surface area contributed by atoms with Crippen molar-refractivity contribution in [2.75, 3.05) is 13.2 Å². The Bertz CT molecular complexity index is 680. The standard InChI is InChI=1S/C18H18Cl4O2/c1-11-7-14(20)9-17(22)18(11)24-6-2-3-12(10-23)15-5-4-13(19)8-16(15)21/h4-5,7-9,12,23H,2-3,6,10H2,1H3. The molecule has 2 rings (SSSR count). The Labute approximate surface area is 162 Å². The Balaban J connectivity index is 1.93. The molecule has 0 fully saturated rings. The molecule has 6 heteroatoms. The lowest BCUT2D eigenvalue weighted by Gasteiger charge is -2.17. The number of aryl methyl sites for hydroxylation is 1. The molecule has 24 heavy (non-hydrogen) atoms. The van der Waals surface area contributed by atoms with Crippen LogP contribution >= 0.6 is 46.4 Å². The van der Waals surface area contributed by atoms with E-state index in [2.05, 4.69) is 0 Å². The first-order chi connectivity index (χ1) is 11.4. The van der Waals surface area contributed by atoms with Crippen molar-refractivity contribution in [1.29, 1.82) is 0 Å².